The number of carbonyl (C=O) groups excluding carboxylic acids is 2. The number of ether oxygens (including phenoxy) is 1. The Hall–Kier alpha value is -1.94. The summed E-state index contributed by atoms with van der Waals surface area (Å²) in [5, 5.41) is 2.95. The molecule has 1 aromatic rings. The number of aldehydes is 2. The molecule has 1 aromatic carbocycles. The molecule has 4 heteroatoms. The molecule has 0 spiro atoms. The number of hydrogen-bond acceptors (Lipinski definition) is 4. The first-order chi connectivity index (χ1) is 8.74. The molecule has 0 aliphatic rings. The van der Waals surface area contributed by atoms with Crippen LogP contribution in [-0.4, -0.2) is 33.3 Å². The molecule has 4 nitrogen and oxygen atoms in total. The molecular formula is C14H19NO3. The van der Waals surface area contributed by atoms with Gasteiger partial charge in [0.15, 0.2) is 6.29 Å². The number of anilines is 1. The molecule has 0 saturated heterocycles. The fraction of sp³-hybridized carbons (Fsp3) is 0.286. The molecule has 1 N–H and O–H groups in total. The van der Waals surface area contributed by atoms with E-state index < -0.39 is 0 Å². The molecule has 0 radical (unpaired) electrons. The van der Waals surface area contributed by atoms with Crippen LogP contribution in [0.5, 0.6) is 0 Å². The highest BCUT2D eigenvalue weighted by Crippen LogP contribution is 2.21. The Morgan fingerprint density at radius 1 is 1.33 bits per heavy atom. The van der Waals surface area contributed by atoms with Gasteiger partial charge in [0.2, 0.25) is 0 Å². The van der Waals surface area contributed by atoms with E-state index in [1.54, 1.807) is 20.2 Å². The number of benzene rings is 1. The first kappa shape index (κ1) is 16.1. The molecule has 0 unspecified atom stereocenters. The van der Waals surface area contributed by atoms with Crippen molar-refractivity contribution in [2.24, 2.45) is 0 Å². The maximum atomic E-state index is 10.7. The van der Waals surface area contributed by atoms with Crippen LogP contribution in [-0.2, 0) is 14.3 Å². The van der Waals surface area contributed by atoms with Crippen LogP contribution in [0.15, 0.2) is 30.3 Å². The first-order valence-electron chi connectivity index (χ1n) is 5.61. The predicted molar refractivity (Wildman–Crippen MR) is 73.6 cm³/mol. The number of carbonyl (C=O) groups is 2. The number of nitrogens with one attached hydrogen (secondary N) is 1. The Morgan fingerprint density at radius 3 is 2.39 bits per heavy atom. The van der Waals surface area contributed by atoms with Gasteiger partial charge in [-0.2, -0.15) is 0 Å². The maximum Gasteiger partial charge on any atom is 0.150 e. The van der Waals surface area contributed by atoms with E-state index in [0.29, 0.717) is 18.1 Å². The normalized spacial score (nSPS) is 10.1. The smallest absolute Gasteiger partial charge is 0.150 e. The third kappa shape index (κ3) is 5.41. The zero-order valence-corrected chi connectivity index (χ0v) is 11.0. The average Bonchev–Trinajstić information content (AvgIpc) is 2.45. The van der Waals surface area contributed by atoms with Crippen molar-refractivity contribution >= 4 is 23.8 Å². The van der Waals surface area contributed by atoms with E-state index >= 15 is 0 Å². The molecule has 18 heavy (non-hydrogen) atoms. The Morgan fingerprint density at radius 2 is 1.94 bits per heavy atom. The summed E-state index contributed by atoms with van der Waals surface area (Å²) in [6, 6.07) is 7.31. The zero-order chi connectivity index (χ0) is 13.8. The van der Waals surface area contributed by atoms with Gasteiger partial charge in [-0.15, -0.1) is 0 Å². The Balaban J connectivity index is 0.000000631. The Kier molecular flexibility index (Phi) is 9.13. The van der Waals surface area contributed by atoms with Crippen LogP contribution in [0.1, 0.15) is 12.5 Å². The summed E-state index contributed by atoms with van der Waals surface area (Å²) in [6.07, 6.45) is 2.53. The minimum Gasteiger partial charge on any atom is -0.388 e. The average molecular weight is 249 g/mol. The van der Waals surface area contributed by atoms with Crippen LogP contribution in [0, 0.1) is 0 Å². The van der Waals surface area contributed by atoms with Crippen molar-refractivity contribution in [3.63, 3.8) is 0 Å². The third-order valence-corrected chi connectivity index (χ3v) is 2.17. The zero-order valence-electron chi connectivity index (χ0n) is 11.0. The van der Waals surface area contributed by atoms with Gasteiger partial charge in [0.25, 0.3) is 0 Å². The van der Waals surface area contributed by atoms with Gasteiger partial charge in [-0.25, -0.2) is 0 Å². The van der Waals surface area contributed by atoms with Gasteiger partial charge in [0, 0.05) is 37.6 Å². The summed E-state index contributed by atoms with van der Waals surface area (Å²) < 4.78 is 4.54. The van der Waals surface area contributed by atoms with Crippen LogP contribution in [0.2, 0.25) is 0 Å². The van der Waals surface area contributed by atoms with Crippen LogP contribution < -0.4 is 5.32 Å². The van der Waals surface area contributed by atoms with Crippen molar-refractivity contribution in [1.29, 1.82) is 0 Å². The van der Waals surface area contributed by atoms with Crippen molar-refractivity contribution in [1.82, 2.24) is 0 Å². The summed E-state index contributed by atoms with van der Waals surface area (Å²) in [5.41, 5.74) is 1.94. The molecule has 0 amide bonds. The fourth-order valence-corrected chi connectivity index (χ4v) is 1.22. The van der Waals surface area contributed by atoms with Gasteiger partial charge in [-0.3, -0.25) is 9.59 Å². The highest BCUT2D eigenvalue weighted by molar-refractivity contribution is 6.12. The van der Waals surface area contributed by atoms with Gasteiger partial charge < -0.3 is 10.1 Å². The second kappa shape index (κ2) is 10.2. The number of methoxy groups -OCH3 is 1. The highest BCUT2D eigenvalue weighted by atomic mass is 16.5. The second-order valence-corrected chi connectivity index (χ2v) is 3.25. The van der Waals surface area contributed by atoms with Crippen LogP contribution in [0.25, 0.3) is 5.57 Å². The lowest BCUT2D eigenvalue weighted by atomic mass is 10.0. The highest BCUT2D eigenvalue weighted by Gasteiger charge is 2.04. The summed E-state index contributed by atoms with van der Waals surface area (Å²) in [7, 11) is 3.45. The second-order valence-electron chi connectivity index (χ2n) is 3.25. The third-order valence-electron chi connectivity index (χ3n) is 2.17. The van der Waals surface area contributed by atoms with Crippen molar-refractivity contribution in [2.45, 2.75) is 6.92 Å². The summed E-state index contributed by atoms with van der Waals surface area (Å²) in [4.78, 5) is 21.0. The minimum atomic E-state index is 0.380. The van der Waals surface area contributed by atoms with E-state index in [1.165, 1.54) is 6.08 Å². The van der Waals surface area contributed by atoms with Gasteiger partial charge in [-0.1, -0.05) is 18.2 Å². The molecule has 0 aliphatic carbocycles. The molecule has 0 bridgehead atoms. The van der Waals surface area contributed by atoms with Crippen molar-refractivity contribution < 1.29 is 14.3 Å². The Bertz CT molecular complexity index is 398. The van der Waals surface area contributed by atoms with E-state index in [9.17, 15) is 9.59 Å². The van der Waals surface area contributed by atoms with Gasteiger partial charge in [-0.05, 0) is 19.1 Å². The Labute approximate surface area is 108 Å². The molecule has 1 rings (SSSR count). The summed E-state index contributed by atoms with van der Waals surface area (Å²) >= 11 is 0. The largest absolute Gasteiger partial charge is 0.388 e. The quantitative estimate of drug-likeness (QED) is 0.642. The van der Waals surface area contributed by atoms with Crippen molar-refractivity contribution in [3.05, 3.63) is 35.9 Å². The molecule has 0 saturated carbocycles. The topological polar surface area (TPSA) is 55.4 Å². The molecular weight excluding hydrogens is 230 g/mol. The molecule has 0 aromatic heterocycles. The van der Waals surface area contributed by atoms with E-state index in [4.69, 9.17) is 0 Å². The van der Waals surface area contributed by atoms with E-state index in [-0.39, 0.29) is 0 Å². The minimum absolute atomic E-state index is 0.380. The summed E-state index contributed by atoms with van der Waals surface area (Å²) in [6.45, 7) is 2.78. The number of para-hydroxylation sites is 1. The first-order valence-corrected chi connectivity index (χ1v) is 5.61. The monoisotopic (exact) mass is 249 g/mol. The van der Waals surface area contributed by atoms with E-state index in [1.807, 2.05) is 25.1 Å². The van der Waals surface area contributed by atoms with Gasteiger partial charge in [0.05, 0.1) is 0 Å². The molecule has 98 valence electrons. The van der Waals surface area contributed by atoms with E-state index in [2.05, 4.69) is 10.1 Å². The lowest BCUT2D eigenvalue weighted by Gasteiger charge is -2.06. The number of hydrogen-bond donors (Lipinski definition) is 1. The molecule has 0 aliphatic heterocycles. The SMILES string of the molecule is CCOC.CNc1ccccc1/C(C=O)=C/C=O. The fourth-order valence-electron chi connectivity index (χ4n) is 1.22. The van der Waals surface area contributed by atoms with Crippen molar-refractivity contribution in [3.8, 4) is 0 Å². The molecule has 0 fully saturated rings. The molecule has 0 heterocycles. The van der Waals surface area contributed by atoms with Gasteiger partial charge in [0.1, 0.15) is 6.29 Å². The summed E-state index contributed by atoms with van der Waals surface area (Å²) in [5.74, 6) is 0. The lowest BCUT2D eigenvalue weighted by Crippen LogP contribution is -1.95. The predicted octanol–water partition coefficient (Wildman–Crippen LogP) is 2.16. The number of allylic oxidation sites excluding steroid dienone is 2. The maximum absolute atomic E-state index is 10.7. The van der Waals surface area contributed by atoms with Gasteiger partial charge >= 0.3 is 0 Å². The standard InChI is InChI=1S/C11H11NO2.C3H8O/c1-12-11-5-3-2-4-10(11)9(8-14)6-7-13;1-3-4-2/h2-8,12H,1H3;3H2,1-2H3/b9-6+;. The molecule has 0 atom stereocenters. The van der Waals surface area contributed by atoms with E-state index in [0.717, 1.165) is 17.9 Å². The lowest BCUT2D eigenvalue weighted by molar-refractivity contribution is -0.105. The van der Waals surface area contributed by atoms with Crippen LogP contribution in [0.4, 0.5) is 5.69 Å². The number of rotatable bonds is 5. The van der Waals surface area contributed by atoms with Crippen molar-refractivity contribution in [2.75, 3.05) is 26.1 Å². The van der Waals surface area contributed by atoms with Crippen LogP contribution in [0.3, 0.4) is 0 Å². The van der Waals surface area contributed by atoms with Crippen LogP contribution >= 0.6 is 0 Å².